The molecular formula is C21H21F2N3O4. The molecule has 2 aromatic carbocycles. The van der Waals surface area contributed by atoms with E-state index in [1.54, 1.807) is 11.0 Å². The van der Waals surface area contributed by atoms with Crippen LogP contribution >= 0.6 is 0 Å². The molecule has 0 aromatic heterocycles. The molecule has 0 radical (unpaired) electrons. The summed E-state index contributed by atoms with van der Waals surface area (Å²) in [5, 5.41) is 5.33. The highest BCUT2D eigenvalue weighted by Crippen LogP contribution is 2.40. The van der Waals surface area contributed by atoms with Crippen LogP contribution in [0.4, 0.5) is 20.2 Å². The Bertz CT molecular complexity index is 1030. The molecule has 9 heteroatoms. The van der Waals surface area contributed by atoms with Crippen LogP contribution in [0.2, 0.25) is 0 Å². The number of fused-ring (bicyclic) bond motifs is 2. The van der Waals surface area contributed by atoms with Crippen LogP contribution in [0.15, 0.2) is 24.3 Å². The van der Waals surface area contributed by atoms with Gasteiger partial charge in [-0.25, -0.2) is 8.78 Å². The highest BCUT2D eigenvalue weighted by molar-refractivity contribution is 5.95. The van der Waals surface area contributed by atoms with Gasteiger partial charge in [0.1, 0.15) is 29.6 Å². The molecule has 2 amide bonds. The SMILES string of the molecule is CNC(=O)CC1COc2cc(F)cc(F)c2N1Cc1cc(C)c2c(c1)NC(=O)CO2. The van der Waals surface area contributed by atoms with E-state index in [1.165, 1.54) is 7.05 Å². The highest BCUT2D eigenvalue weighted by atomic mass is 19.1. The van der Waals surface area contributed by atoms with Crippen molar-refractivity contribution in [3.63, 3.8) is 0 Å². The Morgan fingerprint density at radius 3 is 2.83 bits per heavy atom. The van der Waals surface area contributed by atoms with E-state index in [9.17, 15) is 18.4 Å². The van der Waals surface area contributed by atoms with Gasteiger partial charge in [0.15, 0.2) is 12.4 Å². The zero-order valence-corrected chi connectivity index (χ0v) is 16.6. The quantitative estimate of drug-likeness (QED) is 0.799. The maximum atomic E-state index is 14.7. The molecule has 158 valence electrons. The van der Waals surface area contributed by atoms with Crippen molar-refractivity contribution in [3.8, 4) is 11.5 Å². The minimum atomic E-state index is -0.766. The lowest BCUT2D eigenvalue weighted by molar-refractivity contribution is -0.121. The number of nitrogens with zero attached hydrogens (tertiary/aromatic N) is 1. The van der Waals surface area contributed by atoms with Crippen molar-refractivity contribution in [1.29, 1.82) is 0 Å². The largest absolute Gasteiger partial charge is 0.489 e. The van der Waals surface area contributed by atoms with Gasteiger partial charge in [-0.15, -0.1) is 0 Å². The van der Waals surface area contributed by atoms with Crippen LogP contribution < -0.4 is 25.0 Å². The lowest BCUT2D eigenvalue weighted by Gasteiger charge is -2.38. The average Bonchev–Trinajstić information content (AvgIpc) is 2.68. The number of rotatable bonds is 4. The van der Waals surface area contributed by atoms with Gasteiger partial charge in [0, 0.05) is 25.7 Å². The van der Waals surface area contributed by atoms with E-state index in [0.717, 1.165) is 23.3 Å². The van der Waals surface area contributed by atoms with Gasteiger partial charge in [-0.2, -0.15) is 0 Å². The number of halogens is 2. The van der Waals surface area contributed by atoms with Crippen molar-refractivity contribution >= 4 is 23.2 Å². The van der Waals surface area contributed by atoms with Crippen LogP contribution in [0, 0.1) is 18.6 Å². The molecule has 30 heavy (non-hydrogen) atoms. The third-order valence-corrected chi connectivity index (χ3v) is 5.16. The second-order valence-electron chi connectivity index (χ2n) is 7.33. The van der Waals surface area contributed by atoms with E-state index in [-0.39, 0.29) is 49.4 Å². The van der Waals surface area contributed by atoms with E-state index < -0.39 is 17.7 Å². The van der Waals surface area contributed by atoms with Gasteiger partial charge >= 0.3 is 0 Å². The zero-order valence-electron chi connectivity index (χ0n) is 16.6. The first-order valence-corrected chi connectivity index (χ1v) is 9.51. The van der Waals surface area contributed by atoms with Crippen LogP contribution in [0.25, 0.3) is 0 Å². The van der Waals surface area contributed by atoms with Crippen LogP contribution in [-0.4, -0.2) is 38.1 Å². The molecular weight excluding hydrogens is 396 g/mol. The molecule has 0 spiro atoms. The second-order valence-corrected chi connectivity index (χ2v) is 7.33. The Morgan fingerprint density at radius 1 is 1.27 bits per heavy atom. The van der Waals surface area contributed by atoms with Crippen molar-refractivity contribution in [1.82, 2.24) is 5.32 Å². The third-order valence-electron chi connectivity index (χ3n) is 5.16. The first-order valence-electron chi connectivity index (χ1n) is 9.51. The van der Waals surface area contributed by atoms with E-state index in [4.69, 9.17) is 9.47 Å². The topological polar surface area (TPSA) is 79.9 Å². The Balaban J connectivity index is 1.73. The molecule has 2 aromatic rings. The molecule has 7 nitrogen and oxygen atoms in total. The molecule has 2 N–H and O–H groups in total. The number of nitrogens with one attached hydrogen (secondary N) is 2. The number of ether oxygens (including phenoxy) is 2. The predicted molar refractivity (Wildman–Crippen MR) is 106 cm³/mol. The fraction of sp³-hybridized carbons (Fsp3) is 0.333. The molecule has 0 saturated carbocycles. The second kappa shape index (κ2) is 7.81. The minimum Gasteiger partial charge on any atom is -0.489 e. The number of aryl methyl sites for hydroxylation is 1. The fourth-order valence-electron chi connectivity index (χ4n) is 3.83. The normalized spacial score (nSPS) is 17.3. The lowest BCUT2D eigenvalue weighted by atomic mass is 10.0. The Hall–Kier alpha value is -3.36. The summed E-state index contributed by atoms with van der Waals surface area (Å²) in [7, 11) is 1.52. The van der Waals surface area contributed by atoms with Crippen molar-refractivity contribution in [3.05, 3.63) is 47.0 Å². The van der Waals surface area contributed by atoms with Gasteiger partial charge < -0.3 is 25.0 Å². The first-order chi connectivity index (χ1) is 14.4. The zero-order chi connectivity index (χ0) is 21.4. The van der Waals surface area contributed by atoms with Crippen molar-refractivity contribution in [2.75, 3.05) is 30.5 Å². The monoisotopic (exact) mass is 417 g/mol. The summed E-state index contributed by atoms with van der Waals surface area (Å²) in [5.74, 6) is -1.29. The van der Waals surface area contributed by atoms with E-state index in [1.807, 2.05) is 13.0 Å². The molecule has 2 aliphatic rings. The van der Waals surface area contributed by atoms with Crippen LogP contribution in [-0.2, 0) is 16.1 Å². The maximum Gasteiger partial charge on any atom is 0.262 e. The molecule has 2 aliphatic heterocycles. The van der Waals surface area contributed by atoms with E-state index in [0.29, 0.717) is 11.4 Å². The molecule has 2 heterocycles. The number of amides is 2. The van der Waals surface area contributed by atoms with Gasteiger partial charge in [0.25, 0.3) is 5.91 Å². The molecule has 0 saturated heterocycles. The van der Waals surface area contributed by atoms with E-state index in [2.05, 4.69) is 10.6 Å². The number of carbonyl (C=O) groups is 2. The molecule has 1 unspecified atom stereocenters. The van der Waals surface area contributed by atoms with Crippen molar-refractivity contribution < 1.29 is 27.8 Å². The molecule has 0 fully saturated rings. The smallest absolute Gasteiger partial charge is 0.262 e. The average molecular weight is 417 g/mol. The molecule has 1 atom stereocenters. The highest BCUT2D eigenvalue weighted by Gasteiger charge is 2.33. The number of hydrogen-bond donors (Lipinski definition) is 2. The minimum absolute atomic E-state index is 0.0466. The summed E-state index contributed by atoms with van der Waals surface area (Å²) in [6.07, 6.45) is 0.0799. The van der Waals surface area contributed by atoms with Gasteiger partial charge in [-0.3, -0.25) is 9.59 Å². The van der Waals surface area contributed by atoms with E-state index >= 15 is 0 Å². The van der Waals surface area contributed by atoms with Crippen molar-refractivity contribution in [2.45, 2.75) is 25.9 Å². The lowest BCUT2D eigenvalue weighted by Crippen LogP contribution is -2.45. The predicted octanol–water partition coefficient (Wildman–Crippen LogP) is 2.51. The Labute approximate surface area is 172 Å². The van der Waals surface area contributed by atoms with Gasteiger partial charge in [0.2, 0.25) is 5.91 Å². The first kappa shape index (κ1) is 19.9. The van der Waals surface area contributed by atoms with Crippen molar-refractivity contribution in [2.24, 2.45) is 0 Å². The standard InChI is InChI=1S/C21H21F2N3O4/c1-11-3-12(4-16-21(11)30-10-19(28)25-16)8-26-14(7-18(27)24-2)9-29-17-6-13(22)5-15(23)20(17)26/h3-6,14H,7-10H2,1-2H3,(H,24,27)(H,25,28). The number of anilines is 2. The summed E-state index contributed by atoms with van der Waals surface area (Å²) in [6.45, 7) is 2.14. The number of carbonyl (C=O) groups excluding carboxylic acids is 2. The van der Waals surface area contributed by atoms with Crippen LogP contribution in [0.3, 0.4) is 0 Å². The Morgan fingerprint density at radius 2 is 2.07 bits per heavy atom. The summed E-state index contributed by atoms with van der Waals surface area (Å²) in [5.41, 5.74) is 2.23. The third kappa shape index (κ3) is 3.74. The molecule has 4 rings (SSSR count). The maximum absolute atomic E-state index is 14.7. The molecule has 0 aliphatic carbocycles. The van der Waals surface area contributed by atoms with Gasteiger partial charge in [-0.05, 0) is 24.1 Å². The molecule has 0 bridgehead atoms. The Kier molecular flexibility index (Phi) is 5.19. The summed E-state index contributed by atoms with van der Waals surface area (Å²) < 4.78 is 39.5. The van der Waals surface area contributed by atoms with Gasteiger partial charge in [0.05, 0.1) is 18.2 Å². The number of hydrogen-bond acceptors (Lipinski definition) is 5. The van der Waals surface area contributed by atoms with Gasteiger partial charge in [-0.1, -0.05) is 6.07 Å². The fourth-order valence-corrected chi connectivity index (χ4v) is 3.83. The summed E-state index contributed by atoms with van der Waals surface area (Å²) in [4.78, 5) is 25.4. The summed E-state index contributed by atoms with van der Waals surface area (Å²) >= 11 is 0. The number of benzene rings is 2. The summed E-state index contributed by atoms with van der Waals surface area (Å²) in [6, 6.07) is 5.10. The van der Waals surface area contributed by atoms with Crippen LogP contribution in [0.5, 0.6) is 11.5 Å². The van der Waals surface area contributed by atoms with Crippen LogP contribution in [0.1, 0.15) is 17.5 Å².